The molecule has 122 valence electrons. The molecule has 0 saturated carbocycles. The highest BCUT2D eigenvalue weighted by atomic mass is 35.5. The molecule has 0 saturated heterocycles. The van der Waals surface area contributed by atoms with Gasteiger partial charge in [0, 0.05) is 23.6 Å². The average molecular weight is 362 g/mol. The highest BCUT2D eigenvalue weighted by Crippen LogP contribution is 2.20. The van der Waals surface area contributed by atoms with E-state index in [-0.39, 0.29) is 17.9 Å². The van der Waals surface area contributed by atoms with Gasteiger partial charge in [-0.1, -0.05) is 41.4 Å². The molecule has 2 aromatic carbocycles. The zero-order valence-corrected chi connectivity index (χ0v) is 14.2. The van der Waals surface area contributed by atoms with E-state index in [1.807, 2.05) is 0 Å². The van der Waals surface area contributed by atoms with Gasteiger partial charge in [0.05, 0.1) is 10.9 Å². The second-order valence-corrected chi connectivity index (χ2v) is 6.08. The third kappa shape index (κ3) is 3.13. The van der Waals surface area contributed by atoms with Crippen LogP contribution in [0.3, 0.4) is 0 Å². The molecule has 5 nitrogen and oxygen atoms in total. The van der Waals surface area contributed by atoms with Crippen LogP contribution in [0.1, 0.15) is 16.2 Å². The van der Waals surface area contributed by atoms with E-state index < -0.39 is 5.91 Å². The number of fused-ring (bicyclic) bond motifs is 1. The summed E-state index contributed by atoms with van der Waals surface area (Å²) in [6, 6.07) is 11.9. The Kier molecular flexibility index (Phi) is 4.55. The summed E-state index contributed by atoms with van der Waals surface area (Å²) in [4.78, 5) is 29.0. The largest absolute Gasteiger partial charge is 0.345 e. The predicted octanol–water partition coefficient (Wildman–Crippen LogP) is 3.17. The van der Waals surface area contributed by atoms with E-state index in [4.69, 9.17) is 23.2 Å². The van der Waals surface area contributed by atoms with Crippen LogP contribution >= 0.6 is 23.2 Å². The minimum atomic E-state index is -0.452. The molecular weight excluding hydrogens is 349 g/mol. The summed E-state index contributed by atoms with van der Waals surface area (Å²) in [5, 5.41) is 4.17. The van der Waals surface area contributed by atoms with E-state index in [1.54, 1.807) is 42.5 Å². The lowest BCUT2D eigenvalue weighted by atomic mass is 10.2. The van der Waals surface area contributed by atoms with Gasteiger partial charge < -0.3 is 5.32 Å². The van der Waals surface area contributed by atoms with Crippen molar-refractivity contribution < 1.29 is 4.79 Å². The molecule has 3 rings (SSSR count). The highest BCUT2D eigenvalue weighted by molar-refractivity contribution is 6.35. The van der Waals surface area contributed by atoms with Crippen LogP contribution in [-0.2, 0) is 13.6 Å². The number of aromatic nitrogens is 2. The lowest BCUT2D eigenvalue weighted by Crippen LogP contribution is -2.32. The van der Waals surface area contributed by atoms with Gasteiger partial charge in [-0.3, -0.25) is 14.2 Å². The van der Waals surface area contributed by atoms with Crippen molar-refractivity contribution in [2.45, 2.75) is 6.54 Å². The van der Waals surface area contributed by atoms with Crippen LogP contribution in [0, 0.1) is 0 Å². The lowest BCUT2D eigenvalue weighted by Gasteiger charge is -2.10. The standard InChI is InChI=1S/C17H13Cl2N3O2/c1-22-15(21-14-5-3-2-4-12(14)17(22)24)16(23)20-9-10-6-7-11(18)8-13(10)19/h2-8H,9H2,1H3,(H,20,23). The van der Waals surface area contributed by atoms with Crippen LogP contribution in [0.15, 0.2) is 47.3 Å². The van der Waals surface area contributed by atoms with E-state index in [2.05, 4.69) is 10.3 Å². The monoisotopic (exact) mass is 361 g/mol. The first-order valence-electron chi connectivity index (χ1n) is 7.15. The van der Waals surface area contributed by atoms with E-state index in [9.17, 15) is 9.59 Å². The zero-order chi connectivity index (χ0) is 17.3. The van der Waals surface area contributed by atoms with Crippen molar-refractivity contribution in [1.82, 2.24) is 14.9 Å². The number of hydrogen-bond donors (Lipinski definition) is 1. The van der Waals surface area contributed by atoms with E-state index in [0.717, 1.165) is 5.56 Å². The average Bonchev–Trinajstić information content (AvgIpc) is 2.57. The molecular formula is C17H13Cl2N3O2. The Morgan fingerprint density at radius 3 is 2.71 bits per heavy atom. The number of nitrogens with zero attached hydrogens (tertiary/aromatic N) is 2. The second kappa shape index (κ2) is 6.63. The SMILES string of the molecule is Cn1c(C(=O)NCc2ccc(Cl)cc2Cl)nc2ccccc2c1=O. The molecule has 0 aliphatic rings. The van der Waals surface area contributed by atoms with Crippen molar-refractivity contribution in [3.05, 3.63) is 74.3 Å². The van der Waals surface area contributed by atoms with Crippen LogP contribution in [0.2, 0.25) is 10.0 Å². The molecule has 7 heteroatoms. The number of carbonyl (C=O) groups is 1. The van der Waals surface area contributed by atoms with Crippen LogP contribution in [0.25, 0.3) is 10.9 Å². The molecule has 0 aliphatic carbocycles. The fraction of sp³-hybridized carbons (Fsp3) is 0.118. The zero-order valence-electron chi connectivity index (χ0n) is 12.7. The van der Waals surface area contributed by atoms with Gasteiger partial charge >= 0.3 is 0 Å². The van der Waals surface area contributed by atoms with Crippen LogP contribution in [0.5, 0.6) is 0 Å². The molecule has 0 radical (unpaired) electrons. The Balaban J connectivity index is 1.89. The Morgan fingerprint density at radius 1 is 1.21 bits per heavy atom. The summed E-state index contributed by atoms with van der Waals surface area (Å²) < 4.78 is 1.24. The number of hydrogen-bond acceptors (Lipinski definition) is 3. The number of benzene rings is 2. The molecule has 1 amide bonds. The van der Waals surface area contributed by atoms with Crippen molar-refractivity contribution >= 4 is 40.0 Å². The van der Waals surface area contributed by atoms with Gasteiger partial charge in [-0.25, -0.2) is 4.98 Å². The van der Waals surface area contributed by atoms with Crippen molar-refractivity contribution in [3.8, 4) is 0 Å². The minimum Gasteiger partial charge on any atom is -0.345 e. The molecule has 24 heavy (non-hydrogen) atoms. The maximum Gasteiger partial charge on any atom is 0.287 e. The summed E-state index contributed by atoms with van der Waals surface area (Å²) in [5.41, 5.74) is 0.936. The molecule has 0 unspecified atom stereocenters. The smallest absolute Gasteiger partial charge is 0.287 e. The summed E-state index contributed by atoms with van der Waals surface area (Å²) in [6.45, 7) is 0.206. The number of nitrogens with one attached hydrogen (secondary N) is 1. The molecule has 1 aromatic heterocycles. The first-order chi connectivity index (χ1) is 11.5. The third-order valence-electron chi connectivity index (χ3n) is 3.64. The first kappa shape index (κ1) is 16.5. The lowest BCUT2D eigenvalue weighted by molar-refractivity contribution is 0.0936. The van der Waals surface area contributed by atoms with Crippen LogP contribution < -0.4 is 10.9 Å². The van der Waals surface area contributed by atoms with E-state index in [1.165, 1.54) is 11.6 Å². The summed E-state index contributed by atoms with van der Waals surface area (Å²) in [6.07, 6.45) is 0. The number of amides is 1. The molecule has 3 aromatic rings. The number of para-hydroxylation sites is 1. The number of carbonyl (C=O) groups excluding carboxylic acids is 1. The summed E-state index contributed by atoms with van der Waals surface area (Å²) >= 11 is 11.9. The minimum absolute atomic E-state index is 0.0452. The fourth-order valence-electron chi connectivity index (χ4n) is 2.34. The van der Waals surface area contributed by atoms with Crippen LogP contribution in [-0.4, -0.2) is 15.5 Å². The third-order valence-corrected chi connectivity index (χ3v) is 4.23. The van der Waals surface area contributed by atoms with Gasteiger partial charge in [-0.05, 0) is 29.8 Å². The molecule has 1 N–H and O–H groups in total. The second-order valence-electron chi connectivity index (χ2n) is 5.24. The first-order valence-corrected chi connectivity index (χ1v) is 7.91. The van der Waals surface area contributed by atoms with E-state index >= 15 is 0 Å². The predicted molar refractivity (Wildman–Crippen MR) is 94.6 cm³/mol. The van der Waals surface area contributed by atoms with Crippen LogP contribution in [0.4, 0.5) is 0 Å². The highest BCUT2D eigenvalue weighted by Gasteiger charge is 2.15. The van der Waals surface area contributed by atoms with Gasteiger partial charge in [-0.2, -0.15) is 0 Å². The Morgan fingerprint density at radius 2 is 1.96 bits per heavy atom. The van der Waals surface area contributed by atoms with Gasteiger partial charge in [0.1, 0.15) is 0 Å². The fourth-order valence-corrected chi connectivity index (χ4v) is 2.82. The van der Waals surface area contributed by atoms with Crippen molar-refractivity contribution in [1.29, 1.82) is 0 Å². The normalized spacial score (nSPS) is 10.8. The molecule has 0 spiro atoms. The summed E-state index contributed by atoms with van der Waals surface area (Å²) in [7, 11) is 1.52. The van der Waals surface area contributed by atoms with Crippen molar-refractivity contribution in [2.24, 2.45) is 7.05 Å². The molecule has 1 heterocycles. The van der Waals surface area contributed by atoms with Gasteiger partial charge in [0.15, 0.2) is 0 Å². The Hall–Kier alpha value is -2.37. The number of halogens is 2. The molecule has 0 bridgehead atoms. The van der Waals surface area contributed by atoms with E-state index in [0.29, 0.717) is 20.9 Å². The Labute approximate surface area is 147 Å². The topological polar surface area (TPSA) is 64.0 Å². The maximum atomic E-state index is 12.4. The summed E-state index contributed by atoms with van der Waals surface area (Å²) in [5.74, 6) is -0.407. The van der Waals surface area contributed by atoms with Crippen molar-refractivity contribution in [2.75, 3.05) is 0 Å². The molecule has 0 fully saturated rings. The van der Waals surface area contributed by atoms with Crippen molar-refractivity contribution in [3.63, 3.8) is 0 Å². The Bertz CT molecular complexity index is 999. The maximum absolute atomic E-state index is 12.4. The van der Waals surface area contributed by atoms with Gasteiger partial charge in [-0.15, -0.1) is 0 Å². The quantitative estimate of drug-likeness (QED) is 0.779. The van der Waals surface area contributed by atoms with Gasteiger partial charge in [0.2, 0.25) is 5.82 Å². The van der Waals surface area contributed by atoms with Gasteiger partial charge in [0.25, 0.3) is 11.5 Å². The molecule has 0 atom stereocenters. The molecule has 0 aliphatic heterocycles. The number of rotatable bonds is 3.